The zero-order valence-electron chi connectivity index (χ0n) is 18.6. The summed E-state index contributed by atoms with van der Waals surface area (Å²) in [5, 5.41) is 47.3. The van der Waals surface area contributed by atoms with Crippen LogP contribution in [0.25, 0.3) is 0 Å². The van der Waals surface area contributed by atoms with E-state index in [4.69, 9.17) is 30.6 Å². The molecule has 0 amide bonds. The SMILES string of the molecule is CC(C)O.CC(C)O.CC(C)O.CC(C)O.CC(C)O.CO.[CH3-].[Ti].[Ti]. The molecule has 8 heteroatoms. The van der Waals surface area contributed by atoms with E-state index in [1.165, 1.54) is 0 Å². The van der Waals surface area contributed by atoms with Gasteiger partial charge < -0.3 is 38.1 Å². The van der Waals surface area contributed by atoms with Gasteiger partial charge in [-0.25, -0.2) is 0 Å². The van der Waals surface area contributed by atoms with Gasteiger partial charge in [0.05, 0.1) is 0 Å². The second kappa shape index (κ2) is 56.2. The second-order valence-corrected chi connectivity index (χ2v) is 5.47. The first kappa shape index (κ1) is 56.2. The van der Waals surface area contributed by atoms with Gasteiger partial charge in [0.1, 0.15) is 0 Å². The monoisotopic (exact) mass is 443 g/mol. The summed E-state index contributed by atoms with van der Waals surface area (Å²) in [4.78, 5) is 0. The van der Waals surface area contributed by atoms with Crippen molar-refractivity contribution >= 4 is 0 Å². The molecule has 0 atom stereocenters. The van der Waals surface area contributed by atoms with Crippen molar-refractivity contribution in [3.63, 3.8) is 0 Å². The van der Waals surface area contributed by atoms with Crippen molar-refractivity contribution < 1.29 is 74.1 Å². The third kappa shape index (κ3) is 9590. The molecule has 0 fully saturated rings. The molecule has 160 valence electrons. The molecule has 0 aliphatic carbocycles. The van der Waals surface area contributed by atoms with Crippen LogP contribution in [-0.4, -0.2) is 68.3 Å². The Kier molecular flexibility index (Phi) is 127. The first-order chi connectivity index (χ1) is 9.66. The molecule has 0 radical (unpaired) electrons. The fourth-order valence-electron chi connectivity index (χ4n) is 0. The van der Waals surface area contributed by atoms with Crippen LogP contribution in [0.2, 0.25) is 0 Å². The van der Waals surface area contributed by atoms with Crippen LogP contribution in [0, 0.1) is 7.43 Å². The smallest absolute Gasteiger partial charge is 0.0483 e. The summed E-state index contributed by atoms with van der Waals surface area (Å²) >= 11 is 0. The molecule has 0 aliphatic rings. The molecule has 0 rings (SSSR count). The zero-order chi connectivity index (χ0) is 19.9. The maximum Gasteiger partial charge on any atom is 0.0483 e. The minimum atomic E-state index is -0.167. The first-order valence-corrected chi connectivity index (χ1v) is 7.51. The number of aliphatic hydroxyl groups excluding tert-OH is 6. The van der Waals surface area contributed by atoms with Crippen molar-refractivity contribution in [3.8, 4) is 0 Å². The number of hydrogen-bond donors (Lipinski definition) is 6. The van der Waals surface area contributed by atoms with Crippen LogP contribution in [0.15, 0.2) is 0 Å². The molecule has 0 spiro atoms. The van der Waals surface area contributed by atoms with Crippen molar-refractivity contribution in [3.05, 3.63) is 7.43 Å². The summed E-state index contributed by atoms with van der Waals surface area (Å²) in [6.07, 6.45) is -0.833. The standard InChI is InChI=1S/5C3H8O.CH4O.CH3.2Ti/c5*1-3(2)4;1-2;;;/h5*3-4H,1-2H3;2H,1H3;1H3;;/q;;;;;;-1;;. The predicted molar refractivity (Wildman–Crippen MR) is 101 cm³/mol. The van der Waals surface area contributed by atoms with Gasteiger partial charge in [0.2, 0.25) is 0 Å². The molecule has 6 nitrogen and oxygen atoms in total. The summed E-state index contributed by atoms with van der Waals surface area (Å²) in [6.45, 7) is 17.2. The third-order valence-corrected chi connectivity index (χ3v) is 0. The van der Waals surface area contributed by atoms with Gasteiger partial charge in [-0.2, -0.15) is 0 Å². The fourth-order valence-corrected chi connectivity index (χ4v) is 0. The Labute approximate surface area is 187 Å². The van der Waals surface area contributed by atoms with E-state index >= 15 is 0 Å². The maximum atomic E-state index is 8.06. The van der Waals surface area contributed by atoms with Crippen LogP contribution < -0.4 is 0 Å². The molecule has 0 saturated heterocycles. The summed E-state index contributed by atoms with van der Waals surface area (Å²) in [7, 11) is 1.00. The minimum absolute atomic E-state index is 0. The first-order valence-electron chi connectivity index (χ1n) is 7.51. The normalized spacial score (nSPS) is 7.44. The van der Waals surface area contributed by atoms with Gasteiger partial charge in [-0.15, -0.1) is 0 Å². The van der Waals surface area contributed by atoms with Gasteiger partial charge in [-0.1, -0.05) is 0 Å². The van der Waals surface area contributed by atoms with Gasteiger partial charge in [-0.05, 0) is 69.2 Å². The van der Waals surface area contributed by atoms with Gasteiger partial charge in [0, 0.05) is 81.1 Å². The predicted octanol–water partition coefficient (Wildman–Crippen LogP) is 1.99. The molecule has 6 N–H and O–H groups in total. The molecular formula is C17H47O6Ti2-. The Morgan fingerprint density at radius 2 is 0.360 bits per heavy atom. The van der Waals surface area contributed by atoms with Crippen LogP contribution in [0.3, 0.4) is 0 Å². The molecular weight excluding hydrogens is 396 g/mol. The third-order valence-electron chi connectivity index (χ3n) is 0. The van der Waals surface area contributed by atoms with E-state index in [2.05, 4.69) is 0 Å². The van der Waals surface area contributed by atoms with Crippen molar-refractivity contribution in [2.45, 2.75) is 99.8 Å². The van der Waals surface area contributed by atoms with E-state index in [9.17, 15) is 0 Å². The van der Waals surface area contributed by atoms with Crippen LogP contribution in [-0.2, 0) is 43.4 Å². The summed E-state index contributed by atoms with van der Waals surface area (Å²) in [5.74, 6) is 0. The average molecular weight is 443 g/mol. The fraction of sp³-hybridized carbons (Fsp3) is 0.941. The molecule has 0 bridgehead atoms. The molecule has 25 heavy (non-hydrogen) atoms. The van der Waals surface area contributed by atoms with Crippen molar-refractivity contribution in [1.29, 1.82) is 0 Å². The second-order valence-electron chi connectivity index (χ2n) is 5.47. The van der Waals surface area contributed by atoms with E-state index < -0.39 is 0 Å². The van der Waals surface area contributed by atoms with Gasteiger partial charge >= 0.3 is 0 Å². The topological polar surface area (TPSA) is 121 Å². The van der Waals surface area contributed by atoms with Crippen molar-refractivity contribution in [2.24, 2.45) is 0 Å². The van der Waals surface area contributed by atoms with E-state index in [1.807, 2.05) is 0 Å². The molecule has 0 aromatic heterocycles. The van der Waals surface area contributed by atoms with Crippen LogP contribution in [0.1, 0.15) is 69.2 Å². The number of hydrogen-bond acceptors (Lipinski definition) is 6. The van der Waals surface area contributed by atoms with Gasteiger partial charge in [-0.3, -0.25) is 0 Å². The molecule has 0 unspecified atom stereocenters. The Balaban J connectivity index is -0.0000000173. The number of rotatable bonds is 0. The number of aliphatic hydroxyl groups is 6. The van der Waals surface area contributed by atoms with E-state index in [1.54, 1.807) is 69.2 Å². The van der Waals surface area contributed by atoms with Crippen LogP contribution in [0.4, 0.5) is 0 Å². The molecule has 0 saturated carbocycles. The molecule has 0 aliphatic heterocycles. The molecule has 0 aromatic rings. The Bertz CT molecular complexity index is 87.7. The minimum Gasteiger partial charge on any atom is -0.400 e. The molecule has 0 aromatic carbocycles. The quantitative estimate of drug-likeness (QED) is 0.252. The van der Waals surface area contributed by atoms with Crippen LogP contribution >= 0.6 is 0 Å². The molecule has 0 heterocycles. The Hall–Kier alpha value is 1.19. The van der Waals surface area contributed by atoms with E-state index in [0.717, 1.165) is 7.11 Å². The van der Waals surface area contributed by atoms with E-state index in [0.29, 0.717) is 0 Å². The van der Waals surface area contributed by atoms with Gasteiger partial charge in [0.15, 0.2) is 0 Å². The van der Waals surface area contributed by atoms with Crippen LogP contribution in [0.5, 0.6) is 0 Å². The van der Waals surface area contributed by atoms with E-state index in [-0.39, 0.29) is 81.4 Å². The van der Waals surface area contributed by atoms with Gasteiger partial charge in [0.25, 0.3) is 0 Å². The average Bonchev–Trinajstić information content (AvgIpc) is 2.14. The zero-order valence-corrected chi connectivity index (χ0v) is 21.7. The summed E-state index contributed by atoms with van der Waals surface area (Å²) in [5.41, 5.74) is 0. The maximum absolute atomic E-state index is 8.06. The Morgan fingerprint density at radius 3 is 0.360 bits per heavy atom. The van der Waals surface area contributed by atoms with Crippen molar-refractivity contribution in [2.75, 3.05) is 7.11 Å². The summed E-state index contributed by atoms with van der Waals surface area (Å²) in [6, 6.07) is 0. The largest absolute Gasteiger partial charge is 0.400 e. The Morgan fingerprint density at radius 1 is 0.360 bits per heavy atom. The summed E-state index contributed by atoms with van der Waals surface area (Å²) < 4.78 is 0. The van der Waals surface area contributed by atoms with Crippen molar-refractivity contribution in [1.82, 2.24) is 0 Å².